The van der Waals surface area contributed by atoms with Gasteiger partial charge in [-0.2, -0.15) is 0 Å². The molecule has 0 saturated heterocycles. The third-order valence-electron chi connectivity index (χ3n) is 3.93. The Bertz CT molecular complexity index is 658. The van der Waals surface area contributed by atoms with Gasteiger partial charge >= 0.3 is 123 Å². The Hall–Kier alpha value is -0.786. The quantitative estimate of drug-likeness (QED) is 0.591. The van der Waals surface area contributed by atoms with E-state index in [2.05, 4.69) is 66.8 Å². The average Bonchev–Trinajstić information content (AvgIpc) is 3.08. The Kier molecular flexibility index (Phi) is 5.51. The van der Waals surface area contributed by atoms with Crippen molar-refractivity contribution in [2.24, 2.45) is 0 Å². The summed E-state index contributed by atoms with van der Waals surface area (Å²) in [5, 5.41) is 0. The van der Waals surface area contributed by atoms with Crippen molar-refractivity contribution in [1.29, 1.82) is 0 Å². The molecular formula is C18H14Cl2Ti. The fraction of sp³-hybridized carbons (Fsp3) is 0.111. The Morgan fingerprint density at radius 1 is 0.810 bits per heavy atom. The van der Waals surface area contributed by atoms with Crippen molar-refractivity contribution in [1.82, 2.24) is 0 Å². The van der Waals surface area contributed by atoms with Crippen LogP contribution in [0.5, 0.6) is 0 Å². The maximum atomic E-state index is 2.34. The zero-order valence-corrected chi connectivity index (χ0v) is 14.5. The van der Waals surface area contributed by atoms with Gasteiger partial charge in [-0.25, -0.2) is 0 Å². The molecule has 0 bridgehead atoms. The van der Waals surface area contributed by atoms with E-state index in [1.165, 1.54) is 17.5 Å². The van der Waals surface area contributed by atoms with Crippen LogP contribution in [-0.4, -0.2) is 0 Å². The van der Waals surface area contributed by atoms with Crippen molar-refractivity contribution in [3.8, 4) is 11.1 Å². The number of allylic oxidation sites excluding steroid dienone is 4. The SMILES string of the molecule is C1=CC[C]([Ti+2][CH]2c3ccccc3-c3ccccc32)=C1.[Cl-].[Cl-]. The molecule has 0 saturated carbocycles. The molecular weight excluding hydrogens is 335 g/mol. The van der Waals surface area contributed by atoms with Gasteiger partial charge in [-0.1, -0.05) is 0 Å². The number of halogens is 2. The minimum Gasteiger partial charge on any atom is -1.00 e. The van der Waals surface area contributed by atoms with E-state index in [9.17, 15) is 0 Å². The van der Waals surface area contributed by atoms with E-state index in [1.807, 2.05) is 0 Å². The van der Waals surface area contributed by atoms with Crippen LogP contribution in [0.3, 0.4) is 0 Å². The molecule has 104 valence electrons. The third kappa shape index (κ3) is 2.91. The van der Waals surface area contributed by atoms with Crippen molar-refractivity contribution in [2.45, 2.75) is 10.6 Å². The minimum atomic E-state index is -0.114. The molecule has 0 aromatic heterocycles. The van der Waals surface area contributed by atoms with Crippen LogP contribution >= 0.6 is 0 Å². The van der Waals surface area contributed by atoms with Gasteiger partial charge < -0.3 is 24.8 Å². The van der Waals surface area contributed by atoms with Crippen molar-refractivity contribution in [3.05, 3.63) is 81.8 Å². The van der Waals surface area contributed by atoms with Crippen molar-refractivity contribution >= 4 is 0 Å². The number of hydrogen-bond donors (Lipinski definition) is 0. The fourth-order valence-electron chi connectivity index (χ4n) is 3.05. The topological polar surface area (TPSA) is 0 Å². The molecule has 0 nitrogen and oxygen atoms in total. The molecule has 2 aromatic carbocycles. The molecule has 0 amide bonds. The maximum absolute atomic E-state index is 2.34. The van der Waals surface area contributed by atoms with Crippen LogP contribution in [0.2, 0.25) is 0 Å². The molecule has 0 N–H and O–H groups in total. The minimum absolute atomic E-state index is 0. The van der Waals surface area contributed by atoms with E-state index in [4.69, 9.17) is 0 Å². The summed E-state index contributed by atoms with van der Waals surface area (Å²) >= 11 is -0.114. The van der Waals surface area contributed by atoms with E-state index in [0.717, 1.165) is 0 Å². The van der Waals surface area contributed by atoms with Crippen molar-refractivity contribution < 1.29 is 44.0 Å². The van der Waals surface area contributed by atoms with Crippen molar-refractivity contribution in [3.63, 3.8) is 0 Å². The molecule has 0 radical (unpaired) electrons. The van der Waals surface area contributed by atoms with Gasteiger partial charge in [-0.3, -0.25) is 0 Å². The molecule has 0 atom stereocenters. The van der Waals surface area contributed by atoms with Gasteiger partial charge in [0.05, 0.1) is 0 Å². The summed E-state index contributed by atoms with van der Waals surface area (Å²) in [6.07, 6.45) is 8.02. The predicted molar refractivity (Wildman–Crippen MR) is 75.6 cm³/mol. The van der Waals surface area contributed by atoms with Crippen LogP contribution in [0.25, 0.3) is 11.1 Å². The maximum Gasteiger partial charge on any atom is -1.00 e. The first-order valence-corrected chi connectivity index (χ1v) is 8.42. The van der Waals surface area contributed by atoms with Crippen LogP contribution in [0, 0.1) is 0 Å². The van der Waals surface area contributed by atoms with Crippen LogP contribution < -0.4 is 24.8 Å². The van der Waals surface area contributed by atoms with Gasteiger partial charge in [0.2, 0.25) is 0 Å². The largest absolute Gasteiger partial charge is 1.00 e. The molecule has 4 rings (SSSR count). The molecule has 2 aromatic rings. The Morgan fingerprint density at radius 2 is 1.38 bits per heavy atom. The normalized spacial score (nSPS) is 14.4. The summed E-state index contributed by atoms with van der Waals surface area (Å²) in [4.78, 5) is 0. The van der Waals surface area contributed by atoms with Crippen LogP contribution in [0.15, 0.2) is 70.6 Å². The van der Waals surface area contributed by atoms with Gasteiger partial charge in [0.25, 0.3) is 0 Å². The molecule has 0 unspecified atom stereocenters. The monoisotopic (exact) mass is 348 g/mol. The number of rotatable bonds is 2. The van der Waals surface area contributed by atoms with Crippen LogP contribution in [0.1, 0.15) is 21.8 Å². The molecule has 3 heteroatoms. The van der Waals surface area contributed by atoms with E-state index in [0.29, 0.717) is 4.22 Å². The van der Waals surface area contributed by atoms with Crippen LogP contribution in [-0.2, 0) is 19.2 Å². The zero-order chi connectivity index (χ0) is 12.7. The van der Waals surface area contributed by atoms with E-state index in [1.54, 1.807) is 15.0 Å². The van der Waals surface area contributed by atoms with E-state index >= 15 is 0 Å². The first-order valence-electron chi connectivity index (χ1n) is 6.74. The first kappa shape index (κ1) is 16.6. The molecule has 2 aliphatic rings. The molecule has 2 aliphatic carbocycles. The standard InChI is InChI=1S/C13H9.C5H5.2ClH.Ti/c1-3-7-12-10(5-1)9-11-6-2-4-8-13(11)12;1-2-4-5-3-1;;;/h1-9H;1-3H,4H2;2*1H;/q;;;;+2/p-2. The summed E-state index contributed by atoms with van der Waals surface area (Å²) in [6.45, 7) is 0. The number of hydrogen-bond acceptors (Lipinski definition) is 0. The van der Waals surface area contributed by atoms with Gasteiger partial charge in [0.1, 0.15) is 0 Å². The average molecular weight is 349 g/mol. The molecule has 0 aliphatic heterocycles. The van der Waals surface area contributed by atoms with Gasteiger partial charge in [0.15, 0.2) is 0 Å². The van der Waals surface area contributed by atoms with Gasteiger partial charge in [0, 0.05) is 0 Å². The summed E-state index contributed by atoms with van der Waals surface area (Å²) < 4.78 is 2.34. The Morgan fingerprint density at radius 3 is 1.90 bits per heavy atom. The Balaban J connectivity index is 0.000000807. The zero-order valence-electron chi connectivity index (χ0n) is 11.4. The fourth-order valence-corrected chi connectivity index (χ4v) is 5.57. The van der Waals surface area contributed by atoms with E-state index in [-0.39, 0.29) is 44.0 Å². The summed E-state index contributed by atoms with van der Waals surface area (Å²) in [7, 11) is 0. The summed E-state index contributed by atoms with van der Waals surface area (Å²) in [6, 6.07) is 17.9. The smallest absolute Gasteiger partial charge is 1.00 e. The molecule has 21 heavy (non-hydrogen) atoms. The van der Waals surface area contributed by atoms with Gasteiger partial charge in [-0.15, -0.1) is 0 Å². The van der Waals surface area contributed by atoms with Gasteiger partial charge in [-0.05, 0) is 0 Å². The molecule has 0 heterocycles. The van der Waals surface area contributed by atoms with Crippen LogP contribution in [0.4, 0.5) is 0 Å². The second kappa shape index (κ2) is 6.98. The second-order valence-electron chi connectivity index (χ2n) is 5.08. The third-order valence-corrected chi connectivity index (χ3v) is 6.51. The Labute approximate surface area is 147 Å². The first-order chi connectivity index (χ1) is 9.43. The second-order valence-corrected chi connectivity index (χ2v) is 7.43. The molecule has 0 spiro atoms. The van der Waals surface area contributed by atoms with E-state index < -0.39 is 0 Å². The van der Waals surface area contributed by atoms with Crippen molar-refractivity contribution in [2.75, 3.05) is 0 Å². The number of benzene rings is 2. The summed E-state index contributed by atoms with van der Waals surface area (Å²) in [5.41, 5.74) is 6.02. The predicted octanol–water partition coefficient (Wildman–Crippen LogP) is -1.31. The molecule has 0 fully saturated rings. The number of fused-ring (bicyclic) bond motifs is 3. The summed E-state index contributed by atoms with van der Waals surface area (Å²) in [5.74, 6) is 0.